The Hall–Kier alpha value is -2.98. The van der Waals surface area contributed by atoms with E-state index in [1.807, 2.05) is 0 Å². The number of rotatable bonds is 4. The average Bonchev–Trinajstić information content (AvgIpc) is 2.57. The van der Waals surface area contributed by atoms with Crippen molar-refractivity contribution in [3.05, 3.63) is 64.2 Å². The molecule has 0 aliphatic carbocycles. The third-order valence-electron chi connectivity index (χ3n) is 4.00. The predicted octanol–water partition coefficient (Wildman–Crippen LogP) is 4.21. The van der Waals surface area contributed by atoms with Gasteiger partial charge in [-0.1, -0.05) is 11.8 Å². The third-order valence-corrected chi connectivity index (χ3v) is 4.00. The van der Waals surface area contributed by atoms with E-state index in [0.717, 1.165) is 12.1 Å². The Balaban J connectivity index is 2.49. The van der Waals surface area contributed by atoms with Crippen LogP contribution in [0.4, 0.5) is 13.2 Å². The summed E-state index contributed by atoms with van der Waals surface area (Å²) in [7, 11) is 0. The third kappa shape index (κ3) is 5.76. The summed E-state index contributed by atoms with van der Waals surface area (Å²) in [5.74, 6) is 3.46. The second-order valence-corrected chi connectivity index (χ2v) is 6.97. The van der Waals surface area contributed by atoms with Gasteiger partial charge in [0.05, 0.1) is 16.7 Å². The number of alkyl halides is 3. The fourth-order valence-corrected chi connectivity index (χ4v) is 2.51. The predicted molar refractivity (Wildman–Crippen MR) is 97.1 cm³/mol. The van der Waals surface area contributed by atoms with Crippen LogP contribution in [0.2, 0.25) is 0 Å². The molecule has 0 spiro atoms. The summed E-state index contributed by atoms with van der Waals surface area (Å²) < 4.78 is 39.5. The number of aryl methyl sites for hydroxylation is 1. The number of phenols is 1. The highest BCUT2D eigenvalue weighted by Gasteiger charge is 2.33. The quantitative estimate of drug-likeness (QED) is 0.681. The maximum Gasteiger partial charge on any atom is 0.417 e. The molecule has 0 heterocycles. The van der Waals surface area contributed by atoms with Crippen molar-refractivity contribution < 1.29 is 33.3 Å². The van der Waals surface area contributed by atoms with Crippen LogP contribution in [-0.4, -0.2) is 26.9 Å². The first-order valence-electron chi connectivity index (χ1n) is 8.38. The zero-order valence-corrected chi connectivity index (χ0v) is 15.3. The van der Waals surface area contributed by atoms with E-state index in [1.165, 1.54) is 18.2 Å². The zero-order chi connectivity index (χ0) is 21.1. The molecule has 0 amide bonds. The van der Waals surface area contributed by atoms with E-state index in [4.69, 9.17) is 5.11 Å². The minimum atomic E-state index is -4.68. The van der Waals surface area contributed by atoms with Crippen molar-refractivity contribution in [1.82, 2.24) is 0 Å². The van der Waals surface area contributed by atoms with E-state index >= 15 is 0 Å². The van der Waals surface area contributed by atoms with Gasteiger partial charge in [0, 0.05) is 11.1 Å². The van der Waals surface area contributed by atoms with Gasteiger partial charge in [-0.15, -0.1) is 0 Å². The molecule has 0 saturated carbocycles. The molecular formula is C21H19F3O4. The van der Waals surface area contributed by atoms with Crippen molar-refractivity contribution in [2.45, 2.75) is 38.5 Å². The van der Waals surface area contributed by atoms with Gasteiger partial charge in [0.15, 0.2) is 0 Å². The van der Waals surface area contributed by atoms with E-state index in [0.29, 0.717) is 30.0 Å². The second kappa shape index (κ2) is 7.95. The smallest absolute Gasteiger partial charge is 0.417 e. The summed E-state index contributed by atoms with van der Waals surface area (Å²) in [5.41, 5.74) is -1.44. The SMILES string of the molecule is CC(C)(O)CCc1cc(C(=O)O)ccc1C#Cc1ccc(O)cc1C(F)(F)F. The molecule has 0 fully saturated rings. The Kier molecular flexibility index (Phi) is 6.05. The number of phenolic OH excluding ortho intramolecular Hbond substituents is 1. The van der Waals surface area contributed by atoms with Gasteiger partial charge in [0.25, 0.3) is 0 Å². The number of hydrogen-bond acceptors (Lipinski definition) is 3. The van der Waals surface area contributed by atoms with Gasteiger partial charge in [-0.25, -0.2) is 4.79 Å². The first-order valence-corrected chi connectivity index (χ1v) is 8.38. The molecule has 0 bridgehead atoms. The number of carbonyl (C=O) groups is 1. The zero-order valence-electron chi connectivity index (χ0n) is 15.3. The summed E-state index contributed by atoms with van der Waals surface area (Å²) in [5, 5.41) is 28.4. The lowest BCUT2D eigenvalue weighted by atomic mass is 9.94. The maximum absolute atomic E-state index is 13.2. The van der Waals surface area contributed by atoms with Crippen LogP contribution in [0.1, 0.15) is 52.9 Å². The number of carboxylic acid groups (broad SMARTS) is 1. The lowest BCUT2D eigenvalue weighted by Gasteiger charge is -2.17. The Morgan fingerprint density at radius 3 is 2.21 bits per heavy atom. The molecule has 2 rings (SSSR count). The molecule has 0 aliphatic heterocycles. The van der Waals surface area contributed by atoms with E-state index in [-0.39, 0.29) is 11.1 Å². The van der Waals surface area contributed by atoms with Crippen LogP contribution >= 0.6 is 0 Å². The molecule has 7 heteroatoms. The van der Waals surface area contributed by atoms with E-state index < -0.39 is 29.1 Å². The van der Waals surface area contributed by atoms with Gasteiger partial charge in [-0.2, -0.15) is 13.2 Å². The molecule has 0 atom stereocenters. The molecule has 0 aliphatic rings. The fraction of sp³-hybridized carbons (Fsp3) is 0.286. The second-order valence-electron chi connectivity index (χ2n) is 6.97. The number of aliphatic hydroxyl groups is 1. The monoisotopic (exact) mass is 392 g/mol. The van der Waals surface area contributed by atoms with Crippen molar-refractivity contribution in [2.24, 2.45) is 0 Å². The highest BCUT2D eigenvalue weighted by atomic mass is 19.4. The molecule has 0 radical (unpaired) electrons. The number of hydrogen-bond donors (Lipinski definition) is 3. The van der Waals surface area contributed by atoms with Crippen LogP contribution in [0.3, 0.4) is 0 Å². The number of halogens is 3. The first-order chi connectivity index (χ1) is 12.9. The van der Waals surface area contributed by atoms with Gasteiger partial charge in [-0.05, 0) is 68.7 Å². The van der Waals surface area contributed by atoms with Gasteiger partial charge in [0.2, 0.25) is 0 Å². The summed E-state index contributed by atoms with van der Waals surface area (Å²) in [6.45, 7) is 3.21. The van der Waals surface area contributed by atoms with Crippen LogP contribution in [0.15, 0.2) is 36.4 Å². The molecule has 4 nitrogen and oxygen atoms in total. The van der Waals surface area contributed by atoms with Gasteiger partial charge < -0.3 is 15.3 Å². The van der Waals surface area contributed by atoms with Crippen LogP contribution in [0, 0.1) is 11.8 Å². The van der Waals surface area contributed by atoms with E-state index in [9.17, 15) is 28.2 Å². The van der Waals surface area contributed by atoms with Gasteiger partial charge in [0.1, 0.15) is 5.75 Å². The first kappa shape index (κ1) is 21.3. The maximum atomic E-state index is 13.2. The summed E-state index contributed by atoms with van der Waals surface area (Å²) in [6.07, 6.45) is -4.06. The molecule has 148 valence electrons. The number of aromatic hydroxyl groups is 1. The van der Waals surface area contributed by atoms with Gasteiger partial charge in [-0.3, -0.25) is 0 Å². The van der Waals surface area contributed by atoms with Crippen molar-refractivity contribution in [3.63, 3.8) is 0 Å². The normalized spacial score (nSPS) is 11.6. The molecule has 2 aromatic carbocycles. The van der Waals surface area contributed by atoms with E-state index in [1.54, 1.807) is 13.8 Å². The standard InChI is InChI=1S/C21H19F3O4/c1-20(2,28)10-9-15-11-16(19(26)27)6-4-13(15)3-5-14-7-8-17(25)12-18(14)21(22,23)24/h4,6-8,11-12,25,28H,9-10H2,1-2H3,(H,26,27). The minimum absolute atomic E-state index is 0.0249. The molecule has 0 unspecified atom stereocenters. The molecule has 2 aromatic rings. The molecule has 0 aromatic heterocycles. The van der Waals surface area contributed by atoms with Crippen molar-refractivity contribution >= 4 is 5.97 Å². The van der Waals surface area contributed by atoms with Crippen molar-refractivity contribution in [3.8, 4) is 17.6 Å². The van der Waals surface area contributed by atoms with Gasteiger partial charge >= 0.3 is 12.1 Å². The Bertz CT molecular complexity index is 945. The summed E-state index contributed by atoms with van der Waals surface area (Å²) in [6, 6.07) is 6.95. The Morgan fingerprint density at radius 2 is 1.64 bits per heavy atom. The number of carboxylic acids is 1. The summed E-state index contributed by atoms with van der Waals surface area (Å²) in [4.78, 5) is 11.2. The van der Waals surface area contributed by atoms with Crippen molar-refractivity contribution in [2.75, 3.05) is 0 Å². The topological polar surface area (TPSA) is 77.8 Å². The lowest BCUT2D eigenvalue weighted by molar-refractivity contribution is -0.137. The average molecular weight is 392 g/mol. The van der Waals surface area contributed by atoms with Crippen LogP contribution < -0.4 is 0 Å². The van der Waals surface area contributed by atoms with Crippen molar-refractivity contribution in [1.29, 1.82) is 0 Å². The van der Waals surface area contributed by atoms with Crippen LogP contribution in [0.5, 0.6) is 5.75 Å². The Labute approximate surface area is 160 Å². The largest absolute Gasteiger partial charge is 0.508 e. The number of aromatic carboxylic acids is 1. The lowest BCUT2D eigenvalue weighted by Crippen LogP contribution is -2.19. The fourth-order valence-electron chi connectivity index (χ4n) is 2.51. The molecule has 0 saturated heterocycles. The molecule has 3 N–H and O–H groups in total. The summed E-state index contributed by atoms with van der Waals surface area (Å²) >= 11 is 0. The highest BCUT2D eigenvalue weighted by molar-refractivity contribution is 5.88. The molecule has 28 heavy (non-hydrogen) atoms. The Morgan fingerprint density at radius 1 is 1.04 bits per heavy atom. The van der Waals surface area contributed by atoms with Crippen LogP contribution in [-0.2, 0) is 12.6 Å². The minimum Gasteiger partial charge on any atom is -0.508 e. The van der Waals surface area contributed by atoms with Crippen LogP contribution in [0.25, 0.3) is 0 Å². The number of benzene rings is 2. The van der Waals surface area contributed by atoms with E-state index in [2.05, 4.69) is 11.8 Å². The molecular weight excluding hydrogens is 373 g/mol. The highest BCUT2D eigenvalue weighted by Crippen LogP contribution is 2.33.